The van der Waals surface area contributed by atoms with E-state index in [1.54, 1.807) is 18.2 Å². The van der Waals surface area contributed by atoms with Gasteiger partial charge in [-0.15, -0.1) is 0 Å². The first-order chi connectivity index (χ1) is 9.24. The molecule has 0 aromatic heterocycles. The van der Waals surface area contributed by atoms with Crippen molar-refractivity contribution in [3.05, 3.63) is 23.8 Å². The van der Waals surface area contributed by atoms with Crippen molar-refractivity contribution < 1.29 is 19.0 Å². The standard InChI is InChI=1S/C14H19NO4/c1-3-17-12-6-5-10(7-13(12)18-4-2)14(16)15-8-11-9-19-11/h5-7,11H,3-4,8-9H2,1-2H3,(H,15,16)/t11-/m1/s1. The highest BCUT2D eigenvalue weighted by Gasteiger charge is 2.23. The van der Waals surface area contributed by atoms with Gasteiger partial charge in [0.1, 0.15) is 0 Å². The molecule has 5 nitrogen and oxygen atoms in total. The summed E-state index contributed by atoms with van der Waals surface area (Å²) >= 11 is 0. The molecule has 1 atom stereocenters. The van der Waals surface area contributed by atoms with Crippen LogP contribution in [-0.2, 0) is 4.74 Å². The fourth-order valence-electron chi connectivity index (χ4n) is 1.69. The minimum atomic E-state index is -0.125. The molecule has 1 heterocycles. The summed E-state index contributed by atoms with van der Waals surface area (Å²) in [6.45, 7) is 6.17. The maximum Gasteiger partial charge on any atom is 0.251 e. The van der Waals surface area contributed by atoms with Crippen LogP contribution in [0.2, 0.25) is 0 Å². The maximum absolute atomic E-state index is 11.9. The molecule has 1 aromatic carbocycles. The number of benzene rings is 1. The molecule has 1 saturated heterocycles. The predicted octanol–water partition coefficient (Wildman–Crippen LogP) is 1.61. The molecule has 0 spiro atoms. The number of carbonyl (C=O) groups is 1. The molecule has 5 heteroatoms. The van der Waals surface area contributed by atoms with E-state index in [4.69, 9.17) is 14.2 Å². The molecule has 0 bridgehead atoms. The lowest BCUT2D eigenvalue weighted by molar-refractivity contribution is 0.0950. The molecule has 104 valence electrons. The van der Waals surface area contributed by atoms with Crippen LogP contribution in [0.1, 0.15) is 24.2 Å². The van der Waals surface area contributed by atoms with E-state index in [-0.39, 0.29) is 12.0 Å². The Hall–Kier alpha value is -1.75. The Bertz CT molecular complexity index is 443. The van der Waals surface area contributed by atoms with Gasteiger partial charge in [-0.05, 0) is 32.0 Å². The molecule has 1 aromatic rings. The Balaban J connectivity index is 2.06. The highest BCUT2D eigenvalue weighted by molar-refractivity contribution is 5.94. The summed E-state index contributed by atoms with van der Waals surface area (Å²) in [6.07, 6.45) is 0.179. The van der Waals surface area contributed by atoms with Crippen molar-refractivity contribution in [3.8, 4) is 11.5 Å². The molecule has 0 unspecified atom stereocenters. The third-order valence-corrected chi connectivity index (χ3v) is 2.70. The van der Waals surface area contributed by atoms with Gasteiger partial charge in [0, 0.05) is 12.1 Å². The number of hydrogen-bond donors (Lipinski definition) is 1. The van der Waals surface area contributed by atoms with Gasteiger partial charge in [0.15, 0.2) is 11.5 Å². The number of ether oxygens (including phenoxy) is 3. The molecular weight excluding hydrogens is 246 g/mol. The van der Waals surface area contributed by atoms with Crippen molar-refractivity contribution in [2.24, 2.45) is 0 Å². The van der Waals surface area contributed by atoms with Gasteiger partial charge in [0.25, 0.3) is 5.91 Å². The van der Waals surface area contributed by atoms with Crippen LogP contribution < -0.4 is 14.8 Å². The largest absolute Gasteiger partial charge is 0.490 e. The molecule has 0 aliphatic carbocycles. The number of rotatable bonds is 7. The van der Waals surface area contributed by atoms with E-state index in [0.29, 0.717) is 36.8 Å². The van der Waals surface area contributed by atoms with Gasteiger partial charge < -0.3 is 19.5 Å². The topological polar surface area (TPSA) is 60.1 Å². The summed E-state index contributed by atoms with van der Waals surface area (Å²) in [5.41, 5.74) is 0.563. The minimum absolute atomic E-state index is 0.125. The van der Waals surface area contributed by atoms with Crippen LogP contribution in [0.25, 0.3) is 0 Å². The first-order valence-corrected chi connectivity index (χ1v) is 6.54. The van der Waals surface area contributed by atoms with Gasteiger partial charge in [0.05, 0.1) is 25.9 Å². The number of carbonyl (C=O) groups excluding carboxylic acids is 1. The van der Waals surface area contributed by atoms with Crippen LogP contribution in [0.5, 0.6) is 11.5 Å². The second-order valence-corrected chi connectivity index (χ2v) is 4.19. The van der Waals surface area contributed by atoms with Crippen LogP contribution in [-0.4, -0.2) is 38.4 Å². The lowest BCUT2D eigenvalue weighted by Crippen LogP contribution is -2.27. The average Bonchev–Trinajstić information content (AvgIpc) is 3.22. The van der Waals surface area contributed by atoms with Gasteiger partial charge >= 0.3 is 0 Å². The maximum atomic E-state index is 11.9. The van der Waals surface area contributed by atoms with Crippen molar-refractivity contribution in [2.45, 2.75) is 20.0 Å². The van der Waals surface area contributed by atoms with E-state index in [9.17, 15) is 4.79 Å². The van der Waals surface area contributed by atoms with Crippen LogP contribution in [0.3, 0.4) is 0 Å². The molecule has 1 aliphatic rings. The third kappa shape index (κ3) is 3.86. The van der Waals surface area contributed by atoms with Crippen LogP contribution in [0.15, 0.2) is 18.2 Å². The van der Waals surface area contributed by atoms with Crippen molar-refractivity contribution in [1.29, 1.82) is 0 Å². The van der Waals surface area contributed by atoms with E-state index in [1.807, 2.05) is 13.8 Å². The molecule has 1 amide bonds. The van der Waals surface area contributed by atoms with Gasteiger partial charge in [-0.25, -0.2) is 0 Å². The molecule has 2 rings (SSSR count). The highest BCUT2D eigenvalue weighted by Crippen LogP contribution is 2.28. The van der Waals surface area contributed by atoms with Crippen LogP contribution >= 0.6 is 0 Å². The predicted molar refractivity (Wildman–Crippen MR) is 70.9 cm³/mol. The summed E-state index contributed by atoms with van der Waals surface area (Å²) in [5, 5.41) is 2.82. The van der Waals surface area contributed by atoms with E-state index >= 15 is 0 Å². The molecule has 0 saturated carbocycles. The zero-order valence-corrected chi connectivity index (χ0v) is 11.3. The second-order valence-electron chi connectivity index (χ2n) is 4.19. The summed E-state index contributed by atoms with van der Waals surface area (Å²) < 4.78 is 16.0. The number of amides is 1. The zero-order chi connectivity index (χ0) is 13.7. The first kappa shape index (κ1) is 13.7. The van der Waals surface area contributed by atoms with Gasteiger partial charge in [-0.3, -0.25) is 4.79 Å². The van der Waals surface area contributed by atoms with Crippen molar-refractivity contribution in [1.82, 2.24) is 5.32 Å². The van der Waals surface area contributed by atoms with Gasteiger partial charge in [0.2, 0.25) is 0 Å². The lowest BCUT2D eigenvalue weighted by atomic mass is 10.2. The van der Waals surface area contributed by atoms with Gasteiger partial charge in [-0.1, -0.05) is 0 Å². The average molecular weight is 265 g/mol. The monoisotopic (exact) mass is 265 g/mol. The van der Waals surface area contributed by atoms with Gasteiger partial charge in [-0.2, -0.15) is 0 Å². The lowest BCUT2D eigenvalue weighted by Gasteiger charge is -2.12. The minimum Gasteiger partial charge on any atom is -0.490 e. The fraction of sp³-hybridized carbons (Fsp3) is 0.500. The Labute approximate surface area is 112 Å². The highest BCUT2D eigenvalue weighted by atomic mass is 16.6. The fourth-order valence-corrected chi connectivity index (χ4v) is 1.69. The van der Waals surface area contributed by atoms with E-state index in [2.05, 4.69) is 5.32 Å². The van der Waals surface area contributed by atoms with Crippen molar-refractivity contribution in [2.75, 3.05) is 26.4 Å². The molecule has 0 radical (unpaired) electrons. The summed E-state index contributed by atoms with van der Waals surface area (Å²) in [7, 11) is 0. The van der Waals surface area contributed by atoms with Crippen LogP contribution in [0, 0.1) is 0 Å². The molecule has 1 fully saturated rings. The quantitative estimate of drug-likeness (QED) is 0.761. The number of epoxide rings is 1. The summed E-state index contributed by atoms with van der Waals surface area (Å²) in [5.74, 6) is 1.13. The Morgan fingerprint density at radius 2 is 2.00 bits per heavy atom. The molecule has 19 heavy (non-hydrogen) atoms. The summed E-state index contributed by atoms with van der Waals surface area (Å²) in [6, 6.07) is 5.20. The first-order valence-electron chi connectivity index (χ1n) is 6.54. The Morgan fingerprint density at radius 1 is 1.32 bits per heavy atom. The number of nitrogens with one attached hydrogen (secondary N) is 1. The Morgan fingerprint density at radius 3 is 2.63 bits per heavy atom. The van der Waals surface area contributed by atoms with E-state index in [0.717, 1.165) is 6.61 Å². The second kappa shape index (κ2) is 6.43. The molecule has 1 N–H and O–H groups in total. The SMILES string of the molecule is CCOc1ccc(C(=O)NC[C@@H]2CO2)cc1OCC. The van der Waals surface area contributed by atoms with Crippen molar-refractivity contribution >= 4 is 5.91 Å². The number of hydrogen-bond acceptors (Lipinski definition) is 4. The smallest absolute Gasteiger partial charge is 0.251 e. The molecular formula is C14H19NO4. The summed E-state index contributed by atoms with van der Waals surface area (Å²) in [4.78, 5) is 11.9. The van der Waals surface area contributed by atoms with Crippen molar-refractivity contribution in [3.63, 3.8) is 0 Å². The zero-order valence-electron chi connectivity index (χ0n) is 11.3. The van der Waals surface area contributed by atoms with E-state index < -0.39 is 0 Å². The normalized spacial score (nSPS) is 16.8. The molecule has 1 aliphatic heterocycles. The van der Waals surface area contributed by atoms with E-state index in [1.165, 1.54) is 0 Å². The van der Waals surface area contributed by atoms with Crippen LogP contribution in [0.4, 0.5) is 0 Å². The Kier molecular flexibility index (Phi) is 4.63. The third-order valence-electron chi connectivity index (χ3n) is 2.70.